The van der Waals surface area contributed by atoms with E-state index in [0.29, 0.717) is 5.56 Å². The third-order valence-corrected chi connectivity index (χ3v) is 4.10. The van der Waals surface area contributed by atoms with Gasteiger partial charge in [-0.25, -0.2) is 0 Å². The first-order valence-corrected chi connectivity index (χ1v) is 7.35. The number of aromatic nitrogens is 1. The van der Waals surface area contributed by atoms with Crippen molar-refractivity contribution in [2.24, 2.45) is 5.41 Å². The van der Waals surface area contributed by atoms with E-state index in [0.717, 1.165) is 22.3 Å². The SMILES string of the molecule is CC1(C)C=C(n2ccccc2=S)c2cc(C#N)ccc2C1. The zero-order chi connectivity index (χ0) is 15.0. The lowest BCUT2D eigenvalue weighted by Gasteiger charge is -2.30. The van der Waals surface area contributed by atoms with Gasteiger partial charge in [-0.3, -0.25) is 0 Å². The molecule has 0 amide bonds. The van der Waals surface area contributed by atoms with Crippen molar-refractivity contribution in [3.8, 4) is 6.07 Å². The monoisotopic (exact) mass is 292 g/mol. The Hall–Kier alpha value is -2.18. The average Bonchev–Trinajstić information content (AvgIpc) is 2.46. The number of rotatable bonds is 1. The fourth-order valence-electron chi connectivity index (χ4n) is 2.85. The molecule has 0 spiro atoms. The van der Waals surface area contributed by atoms with Gasteiger partial charge in [-0.1, -0.05) is 44.3 Å². The Bertz CT molecular complexity index is 835. The van der Waals surface area contributed by atoms with Gasteiger partial charge in [0.1, 0.15) is 4.64 Å². The van der Waals surface area contributed by atoms with Crippen LogP contribution in [-0.4, -0.2) is 4.57 Å². The van der Waals surface area contributed by atoms with Gasteiger partial charge in [0.2, 0.25) is 0 Å². The maximum Gasteiger partial charge on any atom is 0.110 e. The van der Waals surface area contributed by atoms with Crippen LogP contribution in [0.2, 0.25) is 0 Å². The van der Waals surface area contributed by atoms with Crippen LogP contribution in [0.25, 0.3) is 5.70 Å². The summed E-state index contributed by atoms with van der Waals surface area (Å²) in [6.07, 6.45) is 5.21. The zero-order valence-corrected chi connectivity index (χ0v) is 12.9. The van der Waals surface area contributed by atoms with Crippen LogP contribution in [0.4, 0.5) is 0 Å². The molecule has 0 atom stereocenters. The third-order valence-electron chi connectivity index (χ3n) is 3.77. The van der Waals surface area contributed by atoms with Crippen molar-refractivity contribution in [1.29, 1.82) is 5.26 Å². The van der Waals surface area contributed by atoms with Gasteiger partial charge in [-0.2, -0.15) is 5.26 Å². The van der Waals surface area contributed by atoms with E-state index >= 15 is 0 Å². The van der Waals surface area contributed by atoms with Crippen molar-refractivity contribution in [1.82, 2.24) is 4.57 Å². The molecule has 1 aliphatic rings. The molecule has 3 heteroatoms. The summed E-state index contributed by atoms with van der Waals surface area (Å²) in [5.41, 5.74) is 4.20. The van der Waals surface area contributed by atoms with Gasteiger partial charge in [0.25, 0.3) is 0 Å². The molecule has 1 heterocycles. The molecule has 0 aliphatic heterocycles. The van der Waals surface area contributed by atoms with Crippen LogP contribution in [0.5, 0.6) is 0 Å². The van der Waals surface area contributed by atoms with Gasteiger partial charge in [0, 0.05) is 11.8 Å². The highest BCUT2D eigenvalue weighted by atomic mass is 32.1. The minimum absolute atomic E-state index is 0.0705. The maximum atomic E-state index is 9.16. The lowest BCUT2D eigenvalue weighted by Crippen LogP contribution is -2.20. The summed E-state index contributed by atoms with van der Waals surface area (Å²) < 4.78 is 2.80. The molecule has 0 fully saturated rings. The number of fused-ring (bicyclic) bond motifs is 1. The van der Waals surface area contributed by atoms with Crippen LogP contribution in [0.1, 0.15) is 30.5 Å². The number of nitrogens with zero attached hydrogens (tertiary/aromatic N) is 2. The average molecular weight is 292 g/mol. The first kappa shape index (κ1) is 13.8. The van der Waals surface area contributed by atoms with Gasteiger partial charge in [0.05, 0.1) is 17.3 Å². The number of nitriles is 1. The maximum absolute atomic E-state index is 9.16. The predicted octanol–water partition coefficient (Wildman–Crippen LogP) is 4.56. The van der Waals surface area contributed by atoms with Crippen LogP contribution in [0, 0.1) is 21.4 Å². The molecule has 0 bridgehead atoms. The molecular weight excluding hydrogens is 276 g/mol. The van der Waals surface area contributed by atoms with Crippen molar-refractivity contribution in [2.75, 3.05) is 0 Å². The molecule has 0 saturated heterocycles. The topological polar surface area (TPSA) is 28.7 Å². The summed E-state index contributed by atoms with van der Waals surface area (Å²) in [5, 5.41) is 9.16. The highest BCUT2D eigenvalue weighted by Crippen LogP contribution is 2.37. The summed E-state index contributed by atoms with van der Waals surface area (Å²) >= 11 is 5.46. The second-order valence-electron chi connectivity index (χ2n) is 6.09. The van der Waals surface area contributed by atoms with E-state index in [-0.39, 0.29) is 5.41 Å². The Morgan fingerprint density at radius 3 is 2.76 bits per heavy atom. The molecule has 21 heavy (non-hydrogen) atoms. The molecule has 2 nitrogen and oxygen atoms in total. The zero-order valence-electron chi connectivity index (χ0n) is 12.1. The van der Waals surface area contributed by atoms with Crippen molar-refractivity contribution in [2.45, 2.75) is 20.3 Å². The van der Waals surface area contributed by atoms with Crippen LogP contribution in [0.15, 0.2) is 48.7 Å². The molecule has 0 radical (unpaired) electrons. The van der Waals surface area contributed by atoms with Gasteiger partial charge in [-0.15, -0.1) is 0 Å². The van der Waals surface area contributed by atoms with Gasteiger partial charge in [-0.05, 0) is 41.7 Å². The summed E-state index contributed by atoms with van der Waals surface area (Å²) in [7, 11) is 0. The lowest BCUT2D eigenvalue weighted by molar-refractivity contribution is 0.470. The Labute approximate surface area is 130 Å². The normalized spacial score (nSPS) is 15.8. The number of allylic oxidation sites excluding steroid dienone is 1. The molecule has 2 aromatic rings. The summed E-state index contributed by atoms with van der Waals surface area (Å²) in [5.74, 6) is 0. The van der Waals surface area contributed by atoms with E-state index < -0.39 is 0 Å². The second kappa shape index (κ2) is 4.98. The van der Waals surface area contributed by atoms with Crippen LogP contribution in [0.3, 0.4) is 0 Å². The fraction of sp³-hybridized carbons (Fsp3) is 0.222. The highest BCUT2D eigenvalue weighted by molar-refractivity contribution is 7.71. The summed E-state index contributed by atoms with van der Waals surface area (Å²) in [4.78, 5) is 0. The highest BCUT2D eigenvalue weighted by Gasteiger charge is 2.26. The Morgan fingerprint density at radius 2 is 2.05 bits per heavy atom. The first-order valence-electron chi connectivity index (χ1n) is 6.94. The van der Waals surface area contributed by atoms with E-state index in [9.17, 15) is 0 Å². The molecule has 0 unspecified atom stereocenters. The molecule has 3 rings (SSSR count). The number of hydrogen-bond acceptors (Lipinski definition) is 2. The number of pyridine rings is 1. The Morgan fingerprint density at radius 1 is 1.24 bits per heavy atom. The molecule has 104 valence electrons. The van der Waals surface area contributed by atoms with E-state index in [1.165, 1.54) is 5.56 Å². The molecule has 0 N–H and O–H groups in total. The van der Waals surface area contributed by atoms with E-state index in [1.54, 1.807) is 0 Å². The second-order valence-corrected chi connectivity index (χ2v) is 6.51. The van der Waals surface area contributed by atoms with Gasteiger partial charge < -0.3 is 4.57 Å². The Balaban J connectivity index is 2.29. The van der Waals surface area contributed by atoms with Crippen molar-refractivity contribution < 1.29 is 0 Å². The minimum Gasteiger partial charge on any atom is -0.308 e. The Kier molecular flexibility index (Phi) is 3.27. The van der Waals surface area contributed by atoms with Gasteiger partial charge in [0.15, 0.2) is 0 Å². The minimum atomic E-state index is 0.0705. The van der Waals surface area contributed by atoms with Crippen molar-refractivity contribution in [3.63, 3.8) is 0 Å². The molecule has 0 saturated carbocycles. The standard InChI is InChI=1S/C18H16N2S/c1-18(2)10-14-7-6-13(12-19)9-15(14)16(11-18)20-8-4-3-5-17(20)21/h3-9,11H,10H2,1-2H3. The molecule has 1 aromatic heterocycles. The molecule has 1 aliphatic carbocycles. The van der Waals surface area contributed by atoms with Crippen LogP contribution in [-0.2, 0) is 6.42 Å². The summed E-state index contributed by atoms with van der Waals surface area (Å²) in [6, 6.07) is 14.0. The first-order chi connectivity index (χ1) is 10.00. The lowest BCUT2D eigenvalue weighted by atomic mass is 9.77. The predicted molar refractivity (Wildman–Crippen MR) is 87.3 cm³/mol. The molecule has 1 aromatic carbocycles. The van der Waals surface area contributed by atoms with Crippen LogP contribution >= 0.6 is 12.2 Å². The van der Waals surface area contributed by atoms with Crippen LogP contribution < -0.4 is 0 Å². The number of benzene rings is 1. The fourth-order valence-corrected chi connectivity index (χ4v) is 3.09. The number of hydrogen-bond donors (Lipinski definition) is 0. The van der Waals surface area contributed by atoms with E-state index in [1.807, 2.05) is 41.1 Å². The summed E-state index contributed by atoms with van der Waals surface area (Å²) in [6.45, 7) is 4.45. The van der Waals surface area contributed by atoms with E-state index in [2.05, 4.69) is 32.1 Å². The quantitative estimate of drug-likeness (QED) is 0.721. The van der Waals surface area contributed by atoms with Gasteiger partial charge >= 0.3 is 0 Å². The largest absolute Gasteiger partial charge is 0.308 e. The van der Waals surface area contributed by atoms with Crippen molar-refractivity contribution >= 4 is 17.9 Å². The molecular formula is C18H16N2S. The smallest absolute Gasteiger partial charge is 0.110 e. The van der Waals surface area contributed by atoms with E-state index in [4.69, 9.17) is 17.5 Å². The van der Waals surface area contributed by atoms with Crippen molar-refractivity contribution in [3.05, 3.63) is 70.0 Å². The third kappa shape index (κ3) is 2.55.